The molecule has 492 valence electrons. The molecule has 7 amide bonds. The van der Waals surface area contributed by atoms with E-state index < -0.39 is 95.4 Å². The van der Waals surface area contributed by atoms with Crippen molar-refractivity contribution in [1.82, 2.24) is 56.0 Å². The summed E-state index contributed by atoms with van der Waals surface area (Å²) in [5.41, 5.74) is 30.9. The predicted molar refractivity (Wildman–Crippen MR) is 338 cm³/mol. The Morgan fingerprint density at radius 2 is 1.34 bits per heavy atom. The topological polar surface area (TPSA) is 473 Å². The fourth-order valence-corrected chi connectivity index (χ4v) is 10.0. The van der Waals surface area contributed by atoms with Gasteiger partial charge in [0, 0.05) is 57.5 Å². The van der Waals surface area contributed by atoms with E-state index in [1.54, 1.807) is 20.2 Å². The van der Waals surface area contributed by atoms with Gasteiger partial charge in [-0.1, -0.05) is 70.9 Å². The van der Waals surface area contributed by atoms with Crippen molar-refractivity contribution in [1.29, 1.82) is 0 Å². The van der Waals surface area contributed by atoms with Crippen molar-refractivity contribution in [3.05, 3.63) is 48.3 Å². The normalized spacial score (nSPS) is 14.0. The third-order valence-electron chi connectivity index (χ3n) is 14.8. The third-order valence-corrected chi connectivity index (χ3v) is 15.9. The lowest BCUT2D eigenvalue weighted by Gasteiger charge is -2.30. The summed E-state index contributed by atoms with van der Waals surface area (Å²) in [7, 11) is 1.45. The lowest BCUT2D eigenvalue weighted by atomic mass is 9.96. The second kappa shape index (κ2) is 37.4. The number of anilines is 2. The van der Waals surface area contributed by atoms with Crippen LogP contribution in [0.3, 0.4) is 0 Å². The highest BCUT2D eigenvalue weighted by Crippen LogP contribution is 2.36. The van der Waals surface area contributed by atoms with Crippen LogP contribution in [0.5, 0.6) is 11.8 Å². The molecular weight excluding hydrogens is 1170 g/mol. The van der Waals surface area contributed by atoms with Crippen LogP contribution in [0.1, 0.15) is 124 Å². The van der Waals surface area contributed by atoms with Crippen molar-refractivity contribution in [2.75, 3.05) is 49.7 Å². The molecule has 0 saturated heterocycles. The summed E-state index contributed by atoms with van der Waals surface area (Å²) in [4.78, 5) is 126. The van der Waals surface area contributed by atoms with Gasteiger partial charge in [-0.05, 0) is 82.7 Å². The molecule has 8 atom stereocenters. The number of ether oxygens (including phenoxy) is 1. The minimum atomic E-state index is -1.49. The molecule has 20 N–H and O–H groups in total. The molecule has 4 aromatic rings. The monoisotopic (exact) mass is 1260 g/mol. The summed E-state index contributed by atoms with van der Waals surface area (Å²) in [6.07, 6.45) is 3.38. The van der Waals surface area contributed by atoms with E-state index in [-0.39, 0.29) is 92.7 Å². The van der Waals surface area contributed by atoms with E-state index in [1.807, 2.05) is 62.6 Å². The van der Waals surface area contributed by atoms with E-state index in [0.717, 1.165) is 21.9 Å². The molecule has 0 saturated carbocycles. The minimum absolute atomic E-state index is 0.0430. The molecule has 0 aliphatic heterocycles. The number of aliphatic imine (C=N–C) groups is 1. The first-order valence-electron chi connectivity index (χ1n) is 30.1. The fourth-order valence-electron chi connectivity index (χ4n) is 9.06. The lowest BCUT2D eigenvalue weighted by molar-refractivity contribution is -0.144. The summed E-state index contributed by atoms with van der Waals surface area (Å²) >= 11 is 0.910. The first-order valence-corrected chi connectivity index (χ1v) is 31.1. The molecule has 0 aliphatic carbocycles. The van der Waals surface area contributed by atoms with Crippen LogP contribution in [-0.4, -0.2) is 163 Å². The number of benzene rings is 1. The number of likely N-dealkylation sites (N-methyl/N-ethyl adjacent to an activating group) is 1. The Labute approximate surface area is 523 Å². The van der Waals surface area contributed by atoms with Crippen LogP contribution >= 0.6 is 11.8 Å². The van der Waals surface area contributed by atoms with Crippen molar-refractivity contribution in [3.8, 4) is 11.8 Å². The van der Waals surface area contributed by atoms with Crippen LogP contribution in [0, 0.1) is 11.8 Å². The van der Waals surface area contributed by atoms with Gasteiger partial charge in [0.25, 0.3) is 0 Å². The second-order valence-corrected chi connectivity index (χ2v) is 23.0. The molecule has 1 aromatic carbocycles. The van der Waals surface area contributed by atoms with Gasteiger partial charge in [-0.15, -0.1) is 11.8 Å². The highest BCUT2D eigenvalue weighted by Gasteiger charge is 2.36. The third kappa shape index (κ3) is 23.5. The zero-order chi connectivity index (χ0) is 65.7. The van der Waals surface area contributed by atoms with Crippen LogP contribution in [0.2, 0.25) is 0 Å². The van der Waals surface area contributed by atoms with Crippen LogP contribution in [0.25, 0.3) is 11.2 Å². The van der Waals surface area contributed by atoms with Gasteiger partial charge in [0.05, 0.1) is 30.3 Å². The fraction of sp³-hybridized carbons (Fsp3) is 0.586. The Balaban J connectivity index is 1.37. The Morgan fingerprint density at radius 1 is 0.730 bits per heavy atom. The molecule has 3 heterocycles. The highest BCUT2D eigenvalue weighted by molar-refractivity contribution is 7.99. The van der Waals surface area contributed by atoms with Gasteiger partial charge in [-0.3, -0.25) is 47.9 Å². The first kappa shape index (κ1) is 73.0. The number of hydrogen-bond acceptors (Lipinski definition) is 20. The number of imidazole rings is 1. The SMILES string of the molecule is CCC(C)[C@H](NC(=O)[C@H](CCCCN)NC(=O)[C@@H](NC(=O)[C@H](CCC(N)=O)NC(=O)[C@H](CCCN=C(N)N)NC(=O)[C@@H](N)CSc1cc(O)n(CCC(=O)OCCCNc2nc(NCc3ccccc3)c3ncn(C(C)C)c3n2)c1O)C(C)CC)C(=O)NC. The average molecular weight is 1260 g/mol. The van der Waals surface area contributed by atoms with Gasteiger partial charge in [-0.25, -0.2) is 4.98 Å². The molecule has 3 aromatic heterocycles. The summed E-state index contributed by atoms with van der Waals surface area (Å²) in [5, 5.41) is 44.4. The van der Waals surface area contributed by atoms with Crippen molar-refractivity contribution in [3.63, 3.8) is 0 Å². The van der Waals surface area contributed by atoms with Crippen LogP contribution in [0.15, 0.2) is 52.6 Å². The number of carbonyl (C=O) groups excluding carboxylic acids is 8. The van der Waals surface area contributed by atoms with E-state index in [2.05, 4.69) is 57.5 Å². The van der Waals surface area contributed by atoms with Crippen molar-refractivity contribution < 1.29 is 53.3 Å². The number of guanidine groups is 1. The number of hydrogen-bond donors (Lipinski definition) is 15. The largest absolute Gasteiger partial charge is 0.494 e. The maximum atomic E-state index is 14.2. The number of aromatic hydroxyl groups is 2. The second-order valence-electron chi connectivity index (χ2n) is 21.9. The van der Waals surface area contributed by atoms with Crippen molar-refractivity contribution in [2.45, 2.75) is 172 Å². The molecule has 2 unspecified atom stereocenters. The highest BCUT2D eigenvalue weighted by atomic mass is 32.2. The number of nitrogens with two attached hydrogens (primary N) is 5. The van der Waals surface area contributed by atoms with Crippen LogP contribution in [-0.2, 0) is 56.2 Å². The smallest absolute Gasteiger partial charge is 0.307 e. The lowest BCUT2D eigenvalue weighted by Crippen LogP contribution is -2.61. The Bertz CT molecular complexity index is 2990. The molecule has 0 fully saturated rings. The van der Waals surface area contributed by atoms with Crippen molar-refractivity contribution >= 4 is 88.0 Å². The maximum absolute atomic E-state index is 14.2. The number of nitrogens with zero attached hydrogens (tertiary/aromatic N) is 6. The number of primary amides is 1. The maximum Gasteiger partial charge on any atom is 0.307 e. The summed E-state index contributed by atoms with van der Waals surface area (Å²) in [6.45, 7) is 12.4. The van der Waals surface area contributed by atoms with Crippen LogP contribution in [0.4, 0.5) is 11.8 Å². The Kier molecular flexibility index (Phi) is 30.7. The number of unbranched alkanes of at least 4 members (excludes halogenated alkanes) is 1. The Morgan fingerprint density at radius 3 is 1.94 bits per heavy atom. The molecular formula is C58H93N19O11S. The van der Waals surface area contributed by atoms with Gasteiger partial charge in [0.15, 0.2) is 28.8 Å². The number of thioether (sulfide) groups is 1. The van der Waals surface area contributed by atoms with Gasteiger partial charge >= 0.3 is 5.97 Å². The molecule has 0 aliphatic rings. The number of nitrogens with one attached hydrogen (secondary N) is 8. The van der Waals surface area contributed by atoms with E-state index in [9.17, 15) is 48.6 Å². The van der Waals surface area contributed by atoms with Gasteiger partial charge < -0.3 is 90.7 Å². The van der Waals surface area contributed by atoms with Crippen LogP contribution < -0.4 is 71.2 Å². The number of aromatic nitrogens is 5. The van der Waals surface area contributed by atoms with E-state index in [1.165, 1.54) is 13.1 Å². The van der Waals surface area contributed by atoms with Gasteiger partial charge in [0.1, 0.15) is 30.2 Å². The number of carbonyl (C=O) groups is 8. The van der Waals surface area contributed by atoms with Gasteiger partial charge in [0.2, 0.25) is 53.2 Å². The Hall–Kier alpha value is -8.45. The molecule has 0 bridgehead atoms. The molecule has 0 radical (unpaired) electrons. The van der Waals surface area contributed by atoms with E-state index in [0.29, 0.717) is 74.7 Å². The molecule has 31 heteroatoms. The first-order chi connectivity index (χ1) is 42.4. The molecule has 4 rings (SSSR count). The average Bonchev–Trinajstić information content (AvgIpc) is 1.88. The minimum Gasteiger partial charge on any atom is -0.494 e. The zero-order valence-corrected chi connectivity index (χ0v) is 52.8. The quantitative estimate of drug-likeness (QED) is 0.00960. The standard InChI is InChI=1S/C58H93N19O11S/c1-8-34(5)45(54(85)64-7)72-52(83)38(19-13-14-24-59)71-55(86)46(35(6)9-2)73-53(84)40(21-22-42(61)78)70-51(82)39(20-15-25-65-57(62)63)69-50(81)37(60)31-89-41-29-43(79)76(56(41)87)27-23-44(80)88-28-16-26-66-58-74-48(67-30-36-17-11-10-12-18-36)47-49(75-58)77(32-68-47)33(3)4/h10-12,17-18,29,32-35,37-40,45-46,79,87H,8-9,13-16,19-28,30-31,59-60H2,1-7H3,(H2,61,78)(H,64,85)(H,69,81)(H,70,82)(H,71,86)(H,72,83)(H,73,84)(H4,62,63,65)(H2,66,67,74,75)/t34?,35?,37-,38-,39-,40-,45-,46-/m0/s1. The summed E-state index contributed by atoms with van der Waals surface area (Å²) < 4.78 is 8.48. The summed E-state index contributed by atoms with van der Waals surface area (Å²) in [6, 6.07) is 3.73. The zero-order valence-electron chi connectivity index (χ0n) is 52.0. The molecule has 30 nitrogen and oxygen atoms in total. The molecule has 0 spiro atoms. The number of amides is 7. The van der Waals surface area contributed by atoms with Gasteiger partial charge in [-0.2, -0.15) is 9.97 Å². The summed E-state index contributed by atoms with van der Waals surface area (Å²) in [5.74, 6) is -6.77. The number of rotatable bonds is 41. The predicted octanol–water partition coefficient (Wildman–Crippen LogP) is 0.797. The number of esters is 1. The van der Waals surface area contributed by atoms with Crippen molar-refractivity contribution in [2.24, 2.45) is 45.5 Å². The van der Waals surface area contributed by atoms with E-state index >= 15 is 0 Å². The number of fused-ring (bicyclic) bond motifs is 1. The van der Waals surface area contributed by atoms with E-state index in [4.69, 9.17) is 38.4 Å². The molecule has 89 heavy (non-hydrogen) atoms.